The standard InChI is InChI=1S/C25H31N3O4S3/c1-14-15(2)34-22(21(14)23(29)32-3)27-24(33)26-19-4-6-20(7-5-19)35(30,31)28-25-11-16-8-17(12-25)10-18(9-16)13-25/h4-7,16-18,28H,8-13H2,1-3H3,(H2,26,27,33). The second-order valence-corrected chi connectivity index (χ2v) is 13.7. The molecule has 35 heavy (non-hydrogen) atoms. The van der Waals surface area contributed by atoms with Crippen LogP contribution in [0.1, 0.15) is 59.3 Å². The Morgan fingerprint density at radius 1 is 1.03 bits per heavy atom. The van der Waals surface area contributed by atoms with E-state index in [1.54, 1.807) is 24.3 Å². The van der Waals surface area contributed by atoms with Gasteiger partial charge in [0.25, 0.3) is 0 Å². The van der Waals surface area contributed by atoms with Crippen molar-refractivity contribution < 1.29 is 17.9 Å². The molecule has 6 rings (SSSR count). The first-order chi connectivity index (χ1) is 16.6. The summed E-state index contributed by atoms with van der Waals surface area (Å²) in [4.78, 5) is 13.4. The summed E-state index contributed by atoms with van der Waals surface area (Å²) in [5.74, 6) is 1.58. The van der Waals surface area contributed by atoms with Gasteiger partial charge in [-0.15, -0.1) is 11.3 Å². The number of anilines is 2. The third-order valence-electron chi connectivity index (χ3n) is 7.81. The Bertz CT molecular complexity index is 1230. The van der Waals surface area contributed by atoms with Gasteiger partial charge in [0.2, 0.25) is 10.0 Å². The molecule has 3 N–H and O–H groups in total. The van der Waals surface area contributed by atoms with Gasteiger partial charge in [0, 0.05) is 16.1 Å². The van der Waals surface area contributed by atoms with E-state index in [0.29, 0.717) is 39.1 Å². The average Bonchev–Trinajstić information content (AvgIpc) is 3.04. The van der Waals surface area contributed by atoms with Crippen LogP contribution in [0.25, 0.3) is 0 Å². The van der Waals surface area contributed by atoms with Crippen molar-refractivity contribution in [1.82, 2.24) is 4.72 Å². The number of benzene rings is 1. The quantitative estimate of drug-likeness (QED) is 0.347. The molecule has 1 heterocycles. The fourth-order valence-electron chi connectivity index (χ4n) is 6.63. The Morgan fingerprint density at radius 3 is 2.14 bits per heavy atom. The molecule has 188 valence electrons. The van der Waals surface area contributed by atoms with Crippen LogP contribution in [-0.2, 0) is 14.8 Å². The third-order valence-corrected chi connectivity index (χ3v) is 10.7. The van der Waals surface area contributed by atoms with Crippen LogP contribution in [0.5, 0.6) is 0 Å². The molecule has 0 aliphatic heterocycles. The molecule has 0 amide bonds. The van der Waals surface area contributed by atoms with E-state index in [1.165, 1.54) is 37.7 Å². The van der Waals surface area contributed by atoms with Gasteiger partial charge in [-0.1, -0.05) is 0 Å². The maximum atomic E-state index is 13.2. The number of carbonyl (C=O) groups is 1. The summed E-state index contributed by atoms with van der Waals surface area (Å²) in [7, 11) is -2.26. The number of nitrogens with one attached hydrogen (secondary N) is 3. The Kier molecular flexibility index (Phi) is 6.44. The second-order valence-electron chi connectivity index (χ2n) is 10.4. The predicted octanol–water partition coefficient (Wildman–Crippen LogP) is 5.21. The van der Waals surface area contributed by atoms with Crippen LogP contribution in [0.3, 0.4) is 0 Å². The number of esters is 1. The number of aryl methyl sites for hydroxylation is 1. The van der Waals surface area contributed by atoms with Crippen molar-refractivity contribution in [3.63, 3.8) is 0 Å². The highest BCUT2D eigenvalue weighted by atomic mass is 32.2. The van der Waals surface area contributed by atoms with Gasteiger partial charge in [-0.2, -0.15) is 0 Å². The van der Waals surface area contributed by atoms with Gasteiger partial charge in [-0.3, -0.25) is 0 Å². The van der Waals surface area contributed by atoms with Gasteiger partial charge in [-0.05, 0) is 112 Å². The number of hydrogen-bond donors (Lipinski definition) is 3. The van der Waals surface area contributed by atoms with Gasteiger partial charge < -0.3 is 15.4 Å². The lowest BCUT2D eigenvalue weighted by molar-refractivity contribution is -0.00810. The average molecular weight is 534 g/mol. The minimum atomic E-state index is -3.61. The lowest BCUT2D eigenvalue weighted by atomic mass is 9.53. The SMILES string of the molecule is COC(=O)c1c(NC(=S)Nc2ccc(S(=O)(=O)NC34CC5CC(CC(C5)C3)C4)cc2)sc(C)c1C. The molecule has 4 saturated carbocycles. The molecule has 0 atom stereocenters. The first-order valence-electron chi connectivity index (χ1n) is 12.0. The number of methoxy groups -OCH3 is 1. The topological polar surface area (TPSA) is 96.5 Å². The maximum Gasteiger partial charge on any atom is 0.341 e. The van der Waals surface area contributed by atoms with Crippen LogP contribution in [0.4, 0.5) is 10.7 Å². The number of rotatable bonds is 6. The summed E-state index contributed by atoms with van der Waals surface area (Å²) in [6.45, 7) is 3.81. The zero-order valence-corrected chi connectivity index (χ0v) is 22.6. The van der Waals surface area contributed by atoms with Crippen molar-refractivity contribution in [3.8, 4) is 0 Å². The largest absolute Gasteiger partial charge is 0.465 e. The number of carbonyl (C=O) groups excluding carboxylic acids is 1. The molecule has 2 aromatic rings. The van der Waals surface area contributed by atoms with E-state index >= 15 is 0 Å². The molecule has 4 bridgehead atoms. The Morgan fingerprint density at radius 2 is 1.60 bits per heavy atom. The molecule has 0 unspecified atom stereocenters. The minimum Gasteiger partial charge on any atom is -0.465 e. The van der Waals surface area contributed by atoms with E-state index in [0.717, 1.165) is 29.7 Å². The van der Waals surface area contributed by atoms with Crippen molar-refractivity contribution in [2.24, 2.45) is 17.8 Å². The maximum absolute atomic E-state index is 13.2. The summed E-state index contributed by atoms with van der Waals surface area (Å²) in [5, 5.41) is 7.06. The first-order valence-corrected chi connectivity index (χ1v) is 14.7. The van der Waals surface area contributed by atoms with Crippen molar-refractivity contribution in [2.45, 2.75) is 62.8 Å². The van der Waals surface area contributed by atoms with Gasteiger partial charge in [0.15, 0.2) is 5.11 Å². The van der Waals surface area contributed by atoms with Crippen molar-refractivity contribution in [3.05, 3.63) is 40.3 Å². The molecule has 4 aliphatic carbocycles. The highest BCUT2D eigenvalue weighted by Crippen LogP contribution is 2.56. The van der Waals surface area contributed by atoms with Crippen LogP contribution in [-0.4, -0.2) is 32.1 Å². The third kappa shape index (κ3) is 4.85. The normalized spacial score (nSPS) is 27.0. The zero-order chi connectivity index (χ0) is 25.0. The Balaban J connectivity index is 1.25. The molecule has 7 nitrogen and oxygen atoms in total. The number of ether oxygens (including phenoxy) is 1. The molecule has 1 aromatic carbocycles. The van der Waals surface area contributed by atoms with E-state index in [1.807, 2.05) is 13.8 Å². The lowest BCUT2D eigenvalue weighted by Gasteiger charge is -2.56. The molecule has 0 saturated heterocycles. The van der Waals surface area contributed by atoms with Crippen LogP contribution in [0, 0.1) is 31.6 Å². The monoisotopic (exact) mass is 533 g/mol. The smallest absolute Gasteiger partial charge is 0.341 e. The highest BCUT2D eigenvalue weighted by molar-refractivity contribution is 7.89. The molecule has 0 radical (unpaired) electrons. The van der Waals surface area contributed by atoms with E-state index in [9.17, 15) is 13.2 Å². The van der Waals surface area contributed by atoms with Crippen LogP contribution in [0.2, 0.25) is 0 Å². The summed E-state index contributed by atoms with van der Waals surface area (Å²) in [5.41, 5.74) is 1.70. The minimum absolute atomic E-state index is 0.259. The van der Waals surface area contributed by atoms with Gasteiger partial charge in [-0.25, -0.2) is 17.9 Å². The fraction of sp³-hybridized carbons (Fsp3) is 0.520. The van der Waals surface area contributed by atoms with Gasteiger partial charge in [0.1, 0.15) is 5.00 Å². The summed E-state index contributed by atoms with van der Waals surface area (Å²) >= 11 is 6.86. The van der Waals surface area contributed by atoms with E-state index in [4.69, 9.17) is 17.0 Å². The van der Waals surface area contributed by atoms with Crippen molar-refractivity contribution in [2.75, 3.05) is 17.7 Å². The fourth-order valence-corrected chi connectivity index (χ4v) is 9.40. The Labute approximate surface area is 216 Å². The van der Waals surface area contributed by atoms with Crippen LogP contribution in [0.15, 0.2) is 29.2 Å². The molecular formula is C25H31N3O4S3. The highest BCUT2D eigenvalue weighted by Gasteiger charge is 2.52. The number of thiocarbonyl (C=S) groups is 1. The number of thiophene rings is 1. The molecular weight excluding hydrogens is 502 g/mol. The molecule has 4 aliphatic rings. The first kappa shape index (κ1) is 24.7. The number of sulfonamides is 1. The van der Waals surface area contributed by atoms with Gasteiger partial charge in [0.05, 0.1) is 17.6 Å². The molecule has 0 spiro atoms. The van der Waals surface area contributed by atoms with Crippen LogP contribution < -0.4 is 15.4 Å². The second kappa shape index (κ2) is 9.14. The molecule has 1 aromatic heterocycles. The summed E-state index contributed by atoms with van der Waals surface area (Å²) in [6, 6.07) is 6.61. The summed E-state index contributed by atoms with van der Waals surface area (Å²) < 4.78 is 34.5. The lowest BCUT2D eigenvalue weighted by Crippen LogP contribution is -2.59. The van der Waals surface area contributed by atoms with Crippen LogP contribution >= 0.6 is 23.6 Å². The predicted molar refractivity (Wildman–Crippen MR) is 143 cm³/mol. The zero-order valence-electron chi connectivity index (χ0n) is 20.1. The van der Waals surface area contributed by atoms with E-state index in [-0.39, 0.29) is 10.4 Å². The van der Waals surface area contributed by atoms with Crippen molar-refractivity contribution in [1.29, 1.82) is 0 Å². The van der Waals surface area contributed by atoms with Crippen molar-refractivity contribution >= 4 is 55.3 Å². The number of hydrogen-bond acceptors (Lipinski definition) is 6. The van der Waals surface area contributed by atoms with E-state index in [2.05, 4.69) is 15.4 Å². The summed E-state index contributed by atoms with van der Waals surface area (Å²) in [6.07, 6.45) is 6.69. The van der Waals surface area contributed by atoms with E-state index < -0.39 is 16.0 Å². The Hall–Kier alpha value is -2.01. The molecule has 10 heteroatoms. The van der Waals surface area contributed by atoms with Gasteiger partial charge >= 0.3 is 5.97 Å². The molecule has 4 fully saturated rings.